The molecule has 6 nitrogen and oxygen atoms in total. The van der Waals surface area contributed by atoms with E-state index in [0.717, 1.165) is 16.9 Å². The Hall–Kier alpha value is -2.22. The highest BCUT2D eigenvalue weighted by Gasteiger charge is 2.18. The quantitative estimate of drug-likeness (QED) is 0.461. The van der Waals surface area contributed by atoms with E-state index in [1.54, 1.807) is 19.2 Å². The van der Waals surface area contributed by atoms with Crippen LogP contribution in [0, 0.1) is 0 Å². The van der Waals surface area contributed by atoms with Crippen molar-refractivity contribution in [2.24, 2.45) is 0 Å². The summed E-state index contributed by atoms with van der Waals surface area (Å²) in [6.07, 6.45) is 0. The molecule has 0 spiro atoms. The Kier molecular flexibility index (Phi) is 7.64. The number of hydrogen-bond donors (Lipinski definition) is 1. The molecule has 1 heterocycles. The van der Waals surface area contributed by atoms with Crippen molar-refractivity contribution >= 4 is 40.9 Å². The molecular weight excluding hydrogens is 443 g/mol. The third-order valence-corrected chi connectivity index (χ3v) is 6.05. The van der Waals surface area contributed by atoms with Crippen molar-refractivity contribution in [3.05, 3.63) is 58.1 Å². The van der Waals surface area contributed by atoms with Crippen molar-refractivity contribution in [3.8, 4) is 17.1 Å². The molecule has 1 atom stereocenters. The third-order valence-electron chi connectivity index (χ3n) is 4.52. The Bertz CT molecular complexity index is 1040. The van der Waals surface area contributed by atoms with Gasteiger partial charge in [0.05, 0.1) is 24.5 Å². The topological polar surface area (TPSA) is 69.0 Å². The molecule has 1 N–H and O–H groups in total. The van der Waals surface area contributed by atoms with Gasteiger partial charge in [-0.25, -0.2) is 0 Å². The van der Waals surface area contributed by atoms with E-state index in [2.05, 4.69) is 15.5 Å². The number of nitrogens with zero attached hydrogens (tertiary/aromatic N) is 3. The molecule has 0 saturated heterocycles. The van der Waals surface area contributed by atoms with Crippen molar-refractivity contribution in [1.29, 1.82) is 0 Å². The molecule has 0 aliphatic heterocycles. The number of methoxy groups -OCH3 is 1. The molecule has 30 heavy (non-hydrogen) atoms. The predicted molar refractivity (Wildman–Crippen MR) is 121 cm³/mol. The predicted octanol–water partition coefficient (Wildman–Crippen LogP) is 5.25. The second kappa shape index (κ2) is 10.2. The number of hydrogen-bond acceptors (Lipinski definition) is 5. The van der Waals surface area contributed by atoms with Crippen LogP contribution in [0.3, 0.4) is 0 Å². The first-order valence-corrected chi connectivity index (χ1v) is 11.1. The van der Waals surface area contributed by atoms with Crippen LogP contribution >= 0.6 is 35.0 Å². The first-order chi connectivity index (χ1) is 14.4. The highest BCUT2D eigenvalue weighted by Crippen LogP contribution is 2.31. The van der Waals surface area contributed by atoms with Crippen LogP contribution in [0.4, 0.5) is 0 Å². The van der Waals surface area contributed by atoms with Crippen LogP contribution in [0.2, 0.25) is 10.0 Å². The molecule has 0 saturated carbocycles. The van der Waals surface area contributed by atoms with Gasteiger partial charge in [0.25, 0.3) is 0 Å². The maximum absolute atomic E-state index is 12.5. The molecule has 1 amide bonds. The largest absolute Gasteiger partial charge is 0.496 e. The summed E-state index contributed by atoms with van der Waals surface area (Å²) in [5.74, 6) is 1.52. The van der Waals surface area contributed by atoms with E-state index >= 15 is 0 Å². The van der Waals surface area contributed by atoms with Gasteiger partial charge in [-0.15, -0.1) is 10.2 Å². The minimum absolute atomic E-state index is 0.122. The third kappa shape index (κ3) is 5.09. The first-order valence-electron chi connectivity index (χ1n) is 9.38. The zero-order chi connectivity index (χ0) is 21.7. The van der Waals surface area contributed by atoms with Crippen LogP contribution in [0.1, 0.15) is 25.5 Å². The van der Waals surface area contributed by atoms with Crippen molar-refractivity contribution in [2.45, 2.75) is 31.6 Å². The average molecular weight is 465 g/mol. The fourth-order valence-electron chi connectivity index (χ4n) is 3.05. The first kappa shape index (κ1) is 22.5. The molecule has 2 aromatic carbocycles. The van der Waals surface area contributed by atoms with Crippen LogP contribution in [0.25, 0.3) is 11.4 Å². The fourth-order valence-corrected chi connectivity index (χ4v) is 4.44. The highest BCUT2D eigenvalue weighted by molar-refractivity contribution is 7.99. The maximum Gasteiger partial charge on any atom is 0.230 e. The van der Waals surface area contributed by atoms with Gasteiger partial charge in [-0.05, 0) is 43.7 Å². The lowest BCUT2D eigenvalue weighted by Crippen LogP contribution is -2.28. The SMILES string of the molecule is CCn1c(SCC(=O)NC(C)c2ccc(Cl)cc2Cl)nnc1-c1ccccc1OC. The van der Waals surface area contributed by atoms with Crippen LogP contribution in [-0.4, -0.2) is 33.5 Å². The zero-order valence-electron chi connectivity index (χ0n) is 16.9. The normalized spacial score (nSPS) is 11.9. The second-order valence-electron chi connectivity index (χ2n) is 6.49. The van der Waals surface area contributed by atoms with Crippen LogP contribution in [0.5, 0.6) is 5.75 Å². The van der Waals surface area contributed by atoms with E-state index in [1.165, 1.54) is 11.8 Å². The number of aromatic nitrogens is 3. The number of benzene rings is 2. The maximum atomic E-state index is 12.5. The Balaban J connectivity index is 1.68. The molecule has 1 aromatic heterocycles. The van der Waals surface area contributed by atoms with Crippen LogP contribution in [-0.2, 0) is 11.3 Å². The lowest BCUT2D eigenvalue weighted by Gasteiger charge is -2.16. The summed E-state index contributed by atoms with van der Waals surface area (Å²) in [4.78, 5) is 12.5. The summed E-state index contributed by atoms with van der Waals surface area (Å²) in [6, 6.07) is 12.6. The number of thioether (sulfide) groups is 1. The molecular formula is C21H22Cl2N4O2S. The number of ether oxygens (including phenoxy) is 1. The smallest absolute Gasteiger partial charge is 0.230 e. The van der Waals surface area contributed by atoms with E-state index in [0.29, 0.717) is 27.6 Å². The Morgan fingerprint density at radius 1 is 1.23 bits per heavy atom. The van der Waals surface area contributed by atoms with Gasteiger partial charge < -0.3 is 14.6 Å². The fraction of sp³-hybridized carbons (Fsp3) is 0.286. The molecule has 9 heteroatoms. The monoisotopic (exact) mass is 464 g/mol. The van der Waals surface area contributed by atoms with Gasteiger partial charge in [-0.2, -0.15) is 0 Å². The summed E-state index contributed by atoms with van der Waals surface area (Å²) in [5, 5.41) is 13.3. The summed E-state index contributed by atoms with van der Waals surface area (Å²) in [5.41, 5.74) is 1.67. The van der Waals surface area contributed by atoms with Crippen LogP contribution < -0.4 is 10.1 Å². The van der Waals surface area contributed by atoms with Gasteiger partial charge in [0.15, 0.2) is 11.0 Å². The molecule has 158 valence electrons. The van der Waals surface area contributed by atoms with Gasteiger partial charge in [-0.3, -0.25) is 4.79 Å². The number of carbonyl (C=O) groups excluding carboxylic acids is 1. The summed E-state index contributed by atoms with van der Waals surface area (Å²) >= 11 is 13.5. The van der Waals surface area contributed by atoms with Gasteiger partial charge in [0.1, 0.15) is 5.75 Å². The number of amides is 1. The van der Waals surface area contributed by atoms with Gasteiger partial charge in [0, 0.05) is 16.6 Å². The van der Waals surface area contributed by atoms with Gasteiger partial charge in [0.2, 0.25) is 5.91 Å². The summed E-state index contributed by atoms with van der Waals surface area (Å²) in [6.45, 7) is 4.56. The molecule has 0 fully saturated rings. The van der Waals surface area contributed by atoms with Crippen molar-refractivity contribution in [2.75, 3.05) is 12.9 Å². The molecule has 3 rings (SSSR count). The number of halogens is 2. The van der Waals surface area contributed by atoms with E-state index < -0.39 is 0 Å². The number of rotatable bonds is 8. The van der Waals surface area contributed by atoms with E-state index in [4.69, 9.17) is 27.9 Å². The standard InChI is InChI=1S/C21H22Cl2N4O2S/c1-4-27-20(16-7-5-6-8-18(16)29-3)25-26-21(27)30-12-19(28)24-13(2)15-10-9-14(22)11-17(15)23/h5-11,13H,4,12H2,1-3H3,(H,24,28). The van der Waals surface area contributed by atoms with Crippen LogP contribution in [0.15, 0.2) is 47.6 Å². The van der Waals surface area contributed by atoms with Crippen molar-refractivity contribution in [3.63, 3.8) is 0 Å². The lowest BCUT2D eigenvalue weighted by molar-refractivity contribution is -0.119. The number of carbonyl (C=O) groups is 1. The Morgan fingerprint density at radius 3 is 2.70 bits per heavy atom. The minimum atomic E-state index is -0.240. The molecule has 0 aliphatic carbocycles. The van der Waals surface area contributed by atoms with Gasteiger partial charge >= 0.3 is 0 Å². The van der Waals surface area contributed by atoms with Crippen molar-refractivity contribution in [1.82, 2.24) is 20.1 Å². The number of nitrogens with one attached hydrogen (secondary N) is 1. The number of para-hydroxylation sites is 1. The van der Waals surface area contributed by atoms with E-state index in [-0.39, 0.29) is 17.7 Å². The highest BCUT2D eigenvalue weighted by atomic mass is 35.5. The van der Waals surface area contributed by atoms with E-state index in [9.17, 15) is 4.79 Å². The summed E-state index contributed by atoms with van der Waals surface area (Å²) < 4.78 is 7.41. The van der Waals surface area contributed by atoms with Gasteiger partial charge in [-0.1, -0.05) is 53.2 Å². The zero-order valence-corrected chi connectivity index (χ0v) is 19.2. The second-order valence-corrected chi connectivity index (χ2v) is 8.28. The Labute approximate surface area is 189 Å². The summed E-state index contributed by atoms with van der Waals surface area (Å²) in [7, 11) is 1.62. The Morgan fingerprint density at radius 2 is 2.00 bits per heavy atom. The minimum Gasteiger partial charge on any atom is -0.496 e. The molecule has 3 aromatic rings. The molecule has 0 bridgehead atoms. The average Bonchev–Trinajstić information content (AvgIpc) is 3.14. The van der Waals surface area contributed by atoms with E-state index in [1.807, 2.05) is 48.7 Å². The molecule has 1 unspecified atom stereocenters. The molecule has 0 aliphatic rings. The lowest BCUT2D eigenvalue weighted by atomic mass is 10.1. The van der Waals surface area contributed by atoms with Crippen molar-refractivity contribution < 1.29 is 9.53 Å². The molecule has 0 radical (unpaired) electrons.